The number of fused-ring (bicyclic) bond motifs is 9. The SMILES string of the molecule is CC(c1ccc(-c2nc(-c3ccccc3)nc(-c3cccc4c3oc3ccccc34)n2)cc1)C1CC2=C(C=CC3C4C=CC=CC4C(C)(C)C23)c2ccccc21. The maximum atomic E-state index is 6.43. The lowest BCUT2D eigenvalue weighted by Gasteiger charge is -2.43. The number of furan rings is 1. The van der Waals surface area contributed by atoms with Crippen LogP contribution in [0, 0.1) is 29.1 Å². The van der Waals surface area contributed by atoms with Crippen LogP contribution in [0.4, 0.5) is 0 Å². The first-order chi connectivity index (χ1) is 27.4. The van der Waals surface area contributed by atoms with E-state index < -0.39 is 0 Å². The van der Waals surface area contributed by atoms with Crippen LogP contribution in [0.3, 0.4) is 0 Å². The van der Waals surface area contributed by atoms with E-state index in [1.165, 1.54) is 22.3 Å². The lowest BCUT2D eigenvalue weighted by Crippen LogP contribution is -2.32. The first-order valence-electron chi connectivity index (χ1n) is 20.1. The van der Waals surface area contributed by atoms with Crippen molar-refractivity contribution in [3.63, 3.8) is 0 Å². The summed E-state index contributed by atoms with van der Waals surface area (Å²) >= 11 is 0. The molecule has 4 aliphatic rings. The summed E-state index contributed by atoms with van der Waals surface area (Å²) in [5, 5.41) is 2.13. The second kappa shape index (κ2) is 12.7. The van der Waals surface area contributed by atoms with Gasteiger partial charge in [0.05, 0.1) is 5.56 Å². The normalized spacial score (nSPS) is 23.5. The molecule has 2 heterocycles. The largest absolute Gasteiger partial charge is 0.455 e. The van der Waals surface area contributed by atoms with E-state index in [-0.39, 0.29) is 5.41 Å². The molecule has 0 N–H and O–H groups in total. The van der Waals surface area contributed by atoms with Crippen LogP contribution in [-0.4, -0.2) is 15.0 Å². The molecule has 5 aromatic carbocycles. The van der Waals surface area contributed by atoms with Crippen molar-refractivity contribution in [2.75, 3.05) is 0 Å². The molecule has 0 bridgehead atoms. The van der Waals surface area contributed by atoms with Gasteiger partial charge in [-0.25, -0.2) is 15.0 Å². The highest BCUT2D eigenvalue weighted by molar-refractivity contribution is 6.09. The van der Waals surface area contributed by atoms with Gasteiger partial charge in [0, 0.05) is 21.9 Å². The van der Waals surface area contributed by atoms with Crippen LogP contribution in [-0.2, 0) is 0 Å². The smallest absolute Gasteiger partial charge is 0.167 e. The van der Waals surface area contributed by atoms with E-state index in [0.717, 1.165) is 45.0 Å². The van der Waals surface area contributed by atoms with E-state index in [1.54, 1.807) is 5.57 Å². The fourth-order valence-electron chi connectivity index (χ4n) is 10.9. The molecule has 1 saturated carbocycles. The van der Waals surface area contributed by atoms with E-state index in [0.29, 0.717) is 53.0 Å². The van der Waals surface area contributed by atoms with Crippen LogP contribution in [0.25, 0.3) is 61.7 Å². The molecule has 11 rings (SSSR count). The monoisotopic (exact) mass is 725 g/mol. The molecule has 272 valence electrons. The Morgan fingerprint density at radius 2 is 1.30 bits per heavy atom. The molecule has 1 fully saturated rings. The molecular formula is C52H43N3O. The Hall–Kier alpha value is -6.13. The number of benzene rings is 5. The molecule has 0 saturated heterocycles. The Balaban J connectivity index is 0.964. The molecule has 6 unspecified atom stereocenters. The van der Waals surface area contributed by atoms with Crippen molar-refractivity contribution in [3.05, 3.63) is 180 Å². The summed E-state index contributed by atoms with van der Waals surface area (Å²) in [4.78, 5) is 15.2. The maximum Gasteiger partial charge on any atom is 0.167 e. The average molecular weight is 726 g/mol. The number of hydrogen-bond donors (Lipinski definition) is 0. The summed E-state index contributed by atoms with van der Waals surface area (Å²) in [5.74, 6) is 4.77. The van der Waals surface area contributed by atoms with Crippen LogP contribution < -0.4 is 0 Å². The van der Waals surface area contributed by atoms with Gasteiger partial charge in [-0.1, -0.05) is 172 Å². The van der Waals surface area contributed by atoms with Crippen molar-refractivity contribution in [2.24, 2.45) is 29.1 Å². The Morgan fingerprint density at radius 3 is 2.14 bits per heavy atom. The highest BCUT2D eigenvalue weighted by Gasteiger charge is 2.56. The van der Waals surface area contributed by atoms with Gasteiger partial charge in [-0.3, -0.25) is 0 Å². The maximum absolute atomic E-state index is 6.43. The molecule has 4 aliphatic carbocycles. The van der Waals surface area contributed by atoms with Crippen LogP contribution in [0.5, 0.6) is 0 Å². The predicted molar refractivity (Wildman–Crippen MR) is 228 cm³/mol. The molecule has 0 aliphatic heterocycles. The summed E-state index contributed by atoms with van der Waals surface area (Å²) in [6.45, 7) is 7.46. The quantitative estimate of drug-likeness (QED) is 0.177. The van der Waals surface area contributed by atoms with E-state index >= 15 is 0 Å². The molecule has 4 heteroatoms. The standard InChI is InChI=1S/C52H43N3O/c1-31(43-30-44-37(35-16-7-8-17-36(35)43)28-29-40-38-18-9-11-22-45(38)52(2,3)47(40)44)32-24-26-34(27-25-32)50-53-49(33-14-5-4-6-15-33)54-51(55-50)42-21-13-20-41-39-19-10-12-23-46(39)56-48(41)42/h4-29,31,38,40,43,45,47H,30H2,1-3H3. The third-order valence-electron chi connectivity index (χ3n) is 13.6. The fraction of sp³-hybridized carbons (Fsp3) is 0.212. The van der Waals surface area contributed by atoms with Crippen LogP contribution in [0.2, 0.25) is 0 Å². The summed E-state index contributed by atoms with van der Waals surface area (Å²) in [5.41, 5.74) is 11.9. The number of aromatic nitrogens is 3. The Bertz CT molecular complexity index is 2800. The minimum Gasteiger partial charge on any atom is -0.455 e. The van der Waals surface area contributed by atoms with Crippen LogP contribution in [0.15, 0.2) is 168 Å². The molecule has 4 nitrogen and oxygen atoms in total. The fourth-order valence-corrected chi connectivity index (χ4v) is 10.9. The third-order valence-corrected chi connectivity index (χ3v) is 13.6. The Morgan fingerprint density at radius 1 is 0.625 bits per heavy atom. The van der Waals surface area contributed by atoms with Crippen molar-refractivity contribution in [3.8, 4) is 34.2 Å². The molecule has 0 amide bonds. The summed E-state index contributed by atoms with van der Waals surface area (Å²) < 4.78 is 6.43. The van der Waals surface area contributed by atoms with Crippen molar-refractivity contribution >= 4 is 27.5 Å². The highest BCUT2D eigenvalue weighted by atomic mass is 16.3. The van der Waals surface area contributed by atoms with Gasteiger partial charge >= 0.3 is 0 Å². The zero-order valence-electron chi connectivity index (χ0n) is 31.9. The number of para-hydroxylation sites is 2. The van der Waals surface area contributed by atoms with Crippen molar-refractivity contribution in [1.29, 1.82) is 0 Å². The van der Waals surface area contributed by atoms with Gasteiger partial charge in [0.25, 0.3) is 0 Å². The second-order valence-electron chi connectivity index (χ2n) is 16.8. The molecule has 6 atom stereocenters. The highest BCUT2D eigenvalue weighted by Crippen LogP contribution is 2.64. The van der Waals surface area contributed by atoms with Gasteiger partial charge in [-0.2, -0.15) is 0 Å². The van der Waals surface area contributed by atoms with Gasteiger partial charge in [-0.15, -0.1) is 0 Å². The second-order valence-corrected chi connectivity index (χ2v) is 16.8. The van der Waals surface area contributed by atoms with Gasteiger partial charge in [0.15, 0.2) is 17.5 Å². The predicted octanol–water partition coefficient (Wildman–Crippen LogP) is 13.0. The lowest BCUT2D eigenvalue weighted by molar-refractivity contribution is 0.223. The van der Waals surface area contributed by atoms with Gasteiger partial charge in [-0.05, 0) is 81.7 Å². The van der Waals surface area contributed by atoms with E-state index in [9.17, 15) is 0 Å². The molecular weight excluding hydrogens is 683 g/mol. The molecule has 0 radical (unpaired) electrons. The van der Waals surface area contributed by atoms with Crippen molar-refractivity contribution in [1.82, 2.24) is 15.0 Å². The Labute approximate surface area is 328 Å². The minimum absolute atomic E-state index is 0.182. The zero-order valence-corrected chi connectivity index (χ0v) is 31.9. The number of allylic oxidation sites excluding steroid dienone is 8. The van der Waals surface area contributed by atoms with Crippen molar-refractivity contribution < 1.29 is 4.42 Å². The minimum atomic E-state index is 0.182. The third kappa shape index (κ3) is 5.08. The summed E-state index contributed by atoms with van der Waals surface area (Å²) in [6, 6.07) is 42.7. The van der Waals surface area contributed by atoms with Gasteiger partial charge in [0.2, 0.25) is 0 Å². The van der Waals surface area contributed by atoms with Crippen LogP contribution >= 0.6 is 0 Å². The average Bonchev–Trinajstić information content (AvgIpc) is 3.75. The molecule has 2 aromatic heterocycles. The number of nitrogens with zero attached hydrogens (tertiary/aromatic N) is 3. The van der Waals surface area contributed by atoms with Gasteiger partial charge in [0.1, 0.15) is 11.2 Å². The molecule has 7 aromatic rings. The Kier molecular flexibility index (Phi) is 7.54. The molecule has 56 heavy (non-hydrogen) atoms. The van der Waals surface area contributed by atoms with Crippen LogP contribution in [0.1, 0.15) is 55.7 Å². The molecule has 0 spiro atoms. The topological polar surface area (TPSA) is 51.8 Å². The summed E-state index contributed by atoms with van der Waals surface area (Å²) in [6.07, 6.45) is 15.6. The number of hydrogen-bond acceptors (Lipinski definition) is 4. The lowest BCUT2D eigenvalue weighted by atomic mass is 9.61. The first-order valence-corrected chi connectivity index (χ1v) is 20.1. The first kappa shape index (κ1) is 33.2. The zero-order chi connectivity index (χ0) is 37.5. The van der Waals surface area contributed by atoms with E-state index in [2.05, 4.69) is 136 Å². The number of rotatable bonds is 5. The van der Waals surface area contributed by atoms with Gasteiger partial charge < -0.3 is 4.42 Å². The van der Waals surface area contributed by atoms with Crippen molar-refractivity contribution in [2.45, 2.75) is 39.0 Å². The van der Waals surface area contributed by atoms with E-state index in [4.69, 9.17) is 19.4 Å². The summed E-state index contributed by atoms with van der Waals surface area (Å²) in [7, 11) is 0. The van der Waals surface area contributed by atoms with E-state index in [1.807, 2.05) is 42.5 Å².